The van der Waals surface area contributed by atoms with Crippen molar-refractivity contribution in [2.24, 2.45) is 0 Å². The largest absolute Gasteiger partial charge is 0.479 e. The van der Waals surface area contributed by atoms with E-state index < -0.39 is 11.5 Å². The van der Waals surface area contributed by atoms with Crippen LogP contribution in [0.15, 0.2) is 12.1 Å². The molecule has 0 bridgehead atoms. The van der Waals surface area contributed by atoms with Crippen molar-refractivity contribution >= 4 is 17.3 Å². The molecule has 1 saturated carbocycles. The average Bonchev–Trinajstić information content (AvgIpc) is 2.94. The van der Waals surface area contributed by atoms with Gasteiger partial charge < -0.3 is 5.11 Å². The lowest BCUT2D eigenvalue weighted by atomic mass is 9.77. The fourth-order valence-electron chi connectivity index (χ4n) is 2.35. The number of aryl methyl sites for hydroxylation is 1. The third-order valence-electron chi connectivity index (χ3n) is 3.68. The van der Waals surface area contributed by atoms with Crippen LogP contribution in [0.5, 0.6) is 0 Å². The summed E-state index contributed by atoms with van der Waals surface area (Å²) in [5.41, 5.74) is -0.949. The molecule has 1 fully saturated rings. The van der Waals surface area contributed by atoms with Crippen LogP contribution in [0.1, 0.15) is 31.1 Å². The Kier molecular flexibility index (Phi) is 2.85. The van der Waals surface area contributed by atoms with Crippen molar-refractivity contribution in [1.82, 2.24) is 20.2 Å². The van der Waals surface area contributed by atoms with Gasteiger partial charge in [0, 0.05) is 4.88 Å². The van der Waals surface area contributed by atoms with Crippen LogP contribution in [0.4, 0.5) is 0 Å². The first kappa shape index (κ1) is 12.3. The summed E-state index contributed by atoms with van der Waals surface area (Å²) in [4.78, 5) is 13.7. The zero-order chi connectivity index (χ0) is 13.5. The summed E-state index contributed by atoms with van der Waals surface area (Å²) in [6.07, 6.45) is 3.03. The fraction of sp³-hybridized carbons (Fsp3) is 0.500. The minimum atomic E-state index is -0.949. The van der Waals surface area contributed by atoms with Crippen LogP contribution < -0.4 is 0 Å². The molecule has 0 aromatic carbocycles. The van der Waals surface area contributed by atoms with Gasteiger partial charge in [0.25, 0.3) is 0 Å². The van der Waals surface area contributed by atoms with E-state index in [-0.39, 0.29) is 0 Å². The topological polar surface area (TPSA) is 80.9 Å². The van der Waals surface area contributed by atoms with Crippen LogP contribution >= 0.6 is 11.3 Å². The normalized spacial score (nSPS) is 17.1. The van der Waals surface area contributed by atoms with Gasteiger partial charge in [0.1, 0.15) is 0 Å². The molecule has 0 aliphatic heterocycles. The maximum Gasteiger partial charge on any atom is 0.331 e. The van der Waals surface area contributed by atoms with E-state index in [9.17, 15) is 9.90 Å². The monoisotopic (exact) mass is 278 g/mol. The van der Waals surface area contributed by atoms with E-state index in [1.807, 2.05) is 12.1 Å². The van der Waals surface area contributed by atoms with Crippen molar-refractivity contribution in [3.05, 3.63) is 17.0 Å². The lowest BCUT2D eigenvalue weighted by Crippen LogP contribution is -2.48. The Balaban J connectivity index is 2.05. The summed E-state index contributed by atoms with van der Waals surface area (Å²) in [6, 6.07) is 3.99. The van der Waals surface area contributed by atoms with E-state index >= 15 is 0 Å². The Labute approximate surface area is 114 Å². The summed E-state index contributed by atoms with van der Waals surface area (Å²) >= 11 is 1.61. The molecule has 100 valence electrons. The van der Waals surface area contributed by atoms with E-state index in [0.29, 0.717) is 18.7 Å². The third kappa shape index (κ3) is 1.76. The van der Waals surface area contributed by atoms with Crippen LogP contribution in [0.2, 0.25) is 0 Å². The first-order valence-corrected chi connectivity index (χ1v) is 7.10. The fourth-order valence-corrected chi connectivity index (χ4v) is 3.26. The minimum Gasteiger partial charge on any atom is -0.479 e. The highest BCUT2D eigenvalue weighted by atomic mass is 32.1. The van der Waals surface area contributed by atoms with Crippen LogP contribution in [-0.4, -0.2) is 31.3 Å². The molecular weight excluding hydrogens is 264 g/mol. The number of carboxylic acid groups (broad SMARTS) is 1. The second-order valence-electron chi connectivity index (χ2n) is 4.72. The van der Waals surface area contributed by atoms with E-state index in [1.54, 1.807) is 11.3 Å². The molecule has 7 heteroatoms. The molecule has 0 saturated heterocycles. The second-order valence-corrected chi connectivity index (χ2v) is 5.89. The minimum absolute atomic E-state index is 0.562. The van der Waals surface area contributed by atoms with Gasteiger partial charge in [-0.3, -0.25) is 0 Å². The van der Waals surface area contributed by atoms with Crippen LogP contribution in [0.3, 0.4) is 0 Å². The summed E-state index contributed by atoms with van der Waals surface area (Å²) in [7, 11) is 0. The predicted octanol–water partition coefficient (Wildman–Crippen LogP) is 1.93. The number of hydrogen-bond acceptors (Lipinski definition) is 5. The highest BCUT2D eigenvalue weighted by Crippen LogP contribution is 2.41. The molecule has 2 aromatic rings. The van der Waals surface area contributed by atoms with E-state index in [4.69, 9.17) is 0 Å². The molecule has 1 aliphatic carbocycles. The smallest absolute Gasteiger partial charge is 0.331 e. The maximum absolute atomic E-state index is 11.5. The molecule has 0 radical (unpaired) electrons. The van der Waals surface area contributed by atoms with Gasteiger partial charge in [-0.2, -0.15) is 0 Å². The van der Waals surface area contributed by atoms with E-state index in [1.165, 1.54) is 9.56 Å². The lowest BCUT2D eigenvalue weighted by molar-refractivity contribution is -0.153. The maximum atomic E-state index is 11.5. The molecule has 1 N–H and O–H groups in total. The number of tetrazole rings is 1. The Morgan fingerprint density at radius 1 is 1.53 bits per heavy atom. The lowest BCUT2D eigenvalue weighted by Gasteiger charge is -2.37. The third-order valence-corrected chi connectivity index (χ3v) is 4.91. The number of hydrogen-bond donors (Lipinski definition) is 1. The van der Waals surface area contributed by atoms with Crippen molar-refractivity contribution < 1.29 is 9.90 Å². The number of aliphatic carboxylic acids is 1. The first-order chi connectivity index (χ1) is 9.17. The van der Waals surface area contributed by atoms with Crippen LogP contribution in [-0.2, 0) is 16.8 Å². The van der Waals surface area contributed by atoms with E-state index in [2.05, 4.69) is 22.4 Å². The second kappa shape index (κ2) is 4.41. The molecule has 2 aromatic heterocycles. The Morgan fingerprint density at radius 2 is 2.32 bits per heavy atom. The molecule has 0 atom stereocenters. The van der Waals surface area contributed by atoms with Gasteiger partial charge >= 0.3 is 5.97 Å². The Bertz CT molecular complexity index is 615. The number of aromatic nitrogens is 4. The zero-order valence-electron chi connectivity index (χ0n) is 10.5. The molecule has 1 aliphatic rings. The highest BCUT2D eigenvalue weighted by molar-refractivity contribution is 7.15. The predicted molar refractivity (Wildman–Crippen MR) is 70.0 cm³/mol. The van der Waals surface area contributed by atoms with Gasteiger partial charge in [-0.25, -0.2) is 9.48 Å². The molecule has 2 heterocycles. The summed E-state index contributed by atoms with van der Waals surface area (Å²) in [5.74, 6) is -0.286. The number of rotatable bonds is 4. The Morgan fingerprint density at radius 3 is 2.84 bits per heavy atom. The van der Waals surface area contributed by atoms with Crippen molar-refractivity contribution in [3.63, 3.8) is 0 Å². The van der Waals surface area contributed by atoms with Gasteiger partial charge in [0.15, 0.2) is 11.4 Å². The number of thiophene rings is 1. The van der Waals surface area contributed by atoms with Crippen molar-refractivity contribution in [2.45, 2.75) is 38.1 Å². The van der Waals surface area contributed by atoms with E-state index in [0.717, 1.165) is 17.7 Å². The van der Waals surface area contributed by atoms with Crippen molar-refractivity contribution in [3.8, 4) is 10.7 Å². The van der Waals surface area contributed by atoms with Gasteiger partial charge in [-0.15, -0.1) is 16.4 Å². The molecule has 0 spiro atoms. The molecular formula is C12H14N4O2S. The van der Waals surface area contributed by atoms with Gasteiger partial charge in [-0.05, 0) is 48.2 Å². The van der Waals surface area contributed by atoms with Gasteiger partial charge in [-0.1, -0.05) is 6.92 Å². The zero-order valence-corrected chi connectivity index (χ0v) is 11.4. The van der Waals surface area contributed by atoms with Gasteiger partial charge in [0.05, 0.1) is 4.88 Å². The number of nitrogens with zero attached hydrogens (tertiary/aromatic N) is 4. The average molecular weight is 278 g/mol. The van der Waals surface area contributed by atoms with Crippen LogP contribution in [0, 0.1) is 0 Å². The summed E-state index contributed by atoms with van der Waals surface area (Å²) in [5, 5.41) is 21.1. The summed E-state index contributed by atoms with van der Waals surface area (Å²) < 4.78 is 1.49. The summed E-state index contributed by atoms with van der Waals surface area (Å²) in [6.45, 7) is 2.09. The highest BCUT2D eigenvalue weighted by Gasteiger charge is 2.49. The molecule has 3 rings (SSSR count). The van der Waals surface area contributed by atoms with Crippen molar-refractivity contribution in [1.29, 1.82) is 0 Å². The molecule has 6 nitrogen and oxygen atoms in total. The number of carbonyl (C=O) groups is 1. The van der Waals surface area contributed by atoms with Crippen LogP contribution in [0.25, 0.3) is 10.7 Å². The molecule has 0 unspecified atom stereocenters. The van der Waals surface area contributed by atoms with Gasteiger partial charge in [0.2, 0.25) is 0 Å². The van der Waals surface area contributed by atoms with Crippen molar-refractivity contribution in [2.75, 3.05) is 0 Å². The standard InChI is InChI=1S/C12H14N4O2S/c1-2-8-4-5-9(19-8)10-13-14-15-16(10)12(11(17)18)6-3-7-12/h4-5H,2-3,6-7H2,1H3,(H,17,18). The Hall–Kier alpha value is -1.76. The SMILES string of the molecule is CCc1ccc(-c2nnnn2C2(C(=O)O)CCC2)s1. The molecule has 19 heavy (non-hydrogen) atoms. The molecule has 0 amide bonds. The first-order valence-electron chi connectivity index (χ1n) is 6.29. The quantitative estimate of drug-likeness (QED) is 0.924. The number of carboxylic acids is 1.